The molecule has 2 rings (SSSR count). The summed E-state index contributed by atoms with van der Waals surface area (Å²) >= 11 is 0. The third-order valence-electron chi connectivity index (χ3n) is 4.81. The lowest BCUT2D eigenvalue weighted by Crippen LogP contribution is -2.53. The van der Waals surface area contributed by atoms with Crippen LogP contribution in [-0.4, -0.2) is 62.2 Å². The van der Waals surface area contributed by atoms with E-state index in [0.29, 0.717) is 5.41 Å². The number of nitrogens with zero attached hydrogens (tertiary/aromatic N) is 2. The largest absolute Gasteiger partial charge is 0.316 e. The number of piperidine rings is 1. The molecule has 0 aromatic heterocycles. The van der Waals surface area contributed by atoms with Gasteiger partial charge in [-0.2, -0.15) is 0 Å². The van der Waals surface area contributed by atoms with Crippen molar-refractivity contribution in [3.8, 4) is 0 Å². The number of likely N-dealkylation sites (N-methyl/N-ethyl adjacent to an activating group) is 1. The second kappa shape index (κ2) is 6.88. The molecule has 2 aliphatic heterocycles. The van der Waals surface area contributed by atoms with Gasteiger partial charge in [-0.1, -0.05) is 20.3 Å². The van der Waals surface area contributed by atoms with Crippen LogP contribution in [0.5, 0.6) is 0 Å². The Balaban J connectivity index is 1.85. The zero-order valence-electron chi connectivity index (χ0n) is 12.4. The van der Waals surface area contributed by atoms with E-state index in [9.17, 15) is 0 Å². The molecular formula is C15H31N3. The van der Waals surface area contributed by atoms with E-state index in [1.807, 2.05) is 0 Å². The number of piperazine rings is 1. The average molecular weight is 253 g/mol. The molecule has 3 heteroatoms. The molecule has 0 aromatic carbocycles. The van der Waals surface area contributed by atoms with Crippen molar-refractivity contribution in [2.45, 2.75) is 39.5 Å². The van der Waals surface area contributed by atoms with Gasteiger partial charge in [0.15, 0.2) is 0 Å². The third-order valence-corrected chi connectivity index (χ3v) is 4.81. The van der Waals surface area contributed by atoms with E-state index in [1.165, 1.54) is 78.0 Å². The van der Waals surface area contributed by atoms with Crippen molar-refractivity contribution in [3.05, 3.63) is 0 Å². The molecule has 1 unspecified atom stereocenters. The van der Waals surface area contributed by atoms with Gasteiger partial charge in [-0.05, 0) is 37.8 Å². The van der Waals surface area contributed by atoms with Crippen LogP contribution >= 0.6 is 0 Å². The van der Waals surface area contributed by atoms with Crippen molar-refractivity contribution in [1.29, 1.82) is 0 Å². The van der Waals surface area contributed by atoms with Crippen LogP contribution in [0.2, 0.25) is 0 Å². The molecule has 2 fully saturated rings. The molecule has 0 bridgehead atoms. The van der Waals surface area contributed by atoms with Crippen LogP contribution in [0.15, 0.2) is 0 Å². The van der Waals surface area contributed by atoms with Crippen LogP contribution in [0.4, 0.5) is 0 Å². The SMILES string of the molecule is CCCC1(CN2CCN(CC)CC2)CCCNC1. The Labute approximate surface area is 113 Å². The Morgan fingerprint density at radius 2 is 1.78 bits per heavy atom. The maximum absolute atomic E-state index is 3.63. The van der Waals surface area contributed by atoms with E-state index in [1.54, 1.807) is 0 Å². The van der Waals surface area contributed by atoms with Crippen molar-refractivity contribution in [2.24, 2.45) is 5.41 Å². The molecule has 0 spiro atoms. The monoisotopic (exact) mass is 253 g/mol. The van der Waals surface area contributed by atoms with Crippen LogP contribution in [0.3, 0.4) is 0 Å². The Morgan fingerprint density at radius 3 is 2.33 bits per heavy atom. The maximum atomic E-state index is 3.63. The first-order valence-electron chi connectivity index (χ1n) is 7.93. The van der Waals surface area contributed by atoms with Crippen molar-refractivity contribution < 1.29 is 0 Å². The second-order valence-electron chi connectivity index (χ2n) is 6.24. The minimum absolute atomic E-state index is 0.571. The van der Waals surface area contributed by atoms with E-state index in [-0.39, 0.29) is 0 Å². The van der Waals surface area contributed by atoms with Crippen molar-refractivity contribution in [3.63, 3.8) is 0 Å². The third kappa shape index (κ3) is 3.69. The maximum Gasteiger partial charge on any atom is 0.0110 e. The Hall–Kier alpha value is -0.120. The smallest absolute Gasteiger partial charge is 0.0110 e. The molecule has 0 radical (unpaired) electrons. The molecule has 0 amide bonds. The summed E-state index contributed by atoms with van der Waals surface area (Å²) in [5, 5.41) is 3.63. The van der Waals surface area contributed by atoms with Gasteiger partial charge in [0.2, 0.25) is 0 Å². The van der Waals surface area contributed by atoms with Crippen molar-refractivity contribution in [1.82, 2.24) is 15.1 Å². The molecule has 2 heterocycles. The predicted octanol–water partition coefficient (Wildman–Crippen LogP) is 1.79. The molecule has 3 nitrogen and oxygen atoms in total. The first kappa shape index (κ1) is 14.3. The molecule has 0 aliphatic carbocycles. The van der Waals surface area contributed by atoms with E-state index >= 15 is 0 Å². The predicted molar refractivity (Wildman–Crippen MR) is 78.0 cm³/mol. The van der Waals surface area contributed by atoms with E-state index in [2.05, 4.69) is 29.0 Å². The highest BCUT2D eigenvalue weighted by molar-refractivity contribution is 4.89. The van der Waals surface area contributed by atoms with Crippen LogP contribution in [0.1, 0.15) is 39.5 Å². The summed E-state index contributed by atoms with van der Waals surface area (Å²) in [5.41, 5.74) is 0.571. The van der Waals surface area contributed by atoms with Crippen LogP contribution < -0.4 is 5.32 Å². The van der Waals surface area contributed by atoms with E-state index in [4.69, 9.17) is 0 Å². The Morgan fingerprint density at radius 1 is 1.06 bits per heavy atom. The van der Waals surface area contributed by atoms with Crippen LogP contribution in [0, 0.1) is 5.41 Å². The molecule has 106 valence electrons. The fourth-order valence-corrected chi connectivity index (χ4v) is 3.73. The topological polar surface area (TPSA) is 18.5 Å². The molecule has 18 heavy (non-hydrogen) atoms. The second-order valence-corrected chi connectivity index (χ2v) is 6.24. The summed E-state index contributed by atoms with van der Waals surface area (Å²) in [6, 6.07) is 0. The summed E-state index contributed by atoms with van der Waals surface area (Å²) in [6.07, 6.45) is 5.53. The van der Waals surface area contributed by atoms with Gasteiger partial charge >= 0.3 is 0 Å². The van der Waals surface area contributed by atoms with Crippen LogP contribution in [0.25, 0.3) is 0 Å². The van der Waals surface area contributed by atoms with Gasteiger partial charge in [0, 0.05) is 39.3 Å². The van der Waals surface area contributed by atoms with Crippen molar-refractivity contribution in [2.75, 3.05) is 52.4 Å². The molecule has 0 saturated carbocycles. The lowest BCUT2D eigenvalue weighted by atomic mass is 9.76. The summed E-state index contributed by atoms with van der Waals surface area (Å²) in [5.74, 6) is 0. The van der Waals surface area contributed by atoms with Gasteiger partial charge in [0.25, 0.3) is 0 Å². The molecule has 1 N–H and O–H groups in total. The first-order chi connectivity index (χ1) is 8.78. The van der Waals surface area contributed by atoms with Gasteiger partial charge < -0.3 is 15.1 Å². The molecule has 0 aromatic rings. The fraction of sp³-hybridized carbons (Fsp3) is 1.00. The summed E-state index contributed by atoms with van der Waals surface area (Å²) in [6.45, 7) is 14.7. The fourth-order valence-electron chi connectivity index (χ4n) is 3.73. The van der Waals surface area contributed by atoms with Gasteiger partial charge in [-0.25, -0.2) is 0 Å². The number of hydrogen-bond donors (Lipinski definition) is 1. The van der Waals surface area contributed by atoms with Gasteiger partial charge in [0.1, 0.15) is 0 Å². The average Bonchev–Trinajstić information content (AvgIpc) is 2.41. The van der Waals surface area contributed by atoms with E-state index in [0.717, 1.165) is 0 Å². The molecule has 1 atom stereocenters. The highest BCUT2D eigenvalue weighted by atomic mass is 15.3. The number of nitrogens with one attached hydrogen (secondary N) is 1. The number of rotatable bonds is 5. The zero-order valence-corrected chi connectivity index (χ0v) is 12.4. The molecule has 2 saturated heterocycles. The molecular weight excluding hydrogens is 222 g/mol. The van der Waals surface area contributed by atoms with Crippen LogP contribution in [-0.2, 0) is 0 Å². The normalized spacial score (nSPS) is 31.7. The van der Waals surface area contributed by atoms with Gasteiger partial charge in [0.05, 0.1) is 0 Å². The number of hydrogen-bond acceptors (Lipinski definition) is 3. The summed E-state index contributed by atoms with van der Waals surface area (Å²) in [4.78, 5) is 5.29. The van der Waals surface area contributed by atoms with Gasteiger partial charge in [-0.3, -0.25) is 0 Å². The lowest BCUT2D eigenvalue weighted by molar-refractivity contribution is 0.0658. The highest BCUT2D eigenvalue weighted by Gasteiger charge is 2.33. The first-order valence-corrected chi connectivity index (χ1v) is 7.93. The standard InChI is InChI=1S/C15H31N3/c1-3-6-15(7-5-8-16-13-15)14-18-11-9-17(4-2)10-12-18/h16H,3-14H2,1-2H3. The quantitative estimate of drug-likeness (QED) is 0.806. The minimum atomic E-state index is 0.571. The minimum Gasteiger partial charge on any atom is -0.316 e. The Bertz CT molecular complexity index is 222. The highest BCUT2D eigenvalue weighted by Crippen LogP contribution is 2.32. The summed E-state index contributed by atoms with van der Waals surface area (Å²) < 4.78 is 0. The molecule has 2 aliphatic rings. The van der Waals surface area contributed by atoms with E-state index < -0.39 is 0 Å². The zero-order chi connectivity index (χ0) is 12.8. The van der Waals surface area contributed by atoms with Crippen molar-refractivity contribution >= 4 is 0 Å². The van der Waals surface area contributed by atoms with Gasteiger partial charge in [-0.15, -0.1) is 0 Å². The Kier molecular flexibility index (Phi) is 5.46. The lowest BCUT2D eigenvalue weighted by Gasteiger charge is -2.44. The summed E-state index contributed by atoms with van der Waals surface area (Å²) in [7, 11) is 0.